The predicted octanol–water partition coefficient (Wildman–Crippen LogP) is 1.31. The molecule has 0 amide bonds. The lowest BCUT2D eigenvalue weighted by Crippen LogP contribution is -2.47. The molecule has 0 spiro atoms. The SMILES string of the molecule is COCCOc1ccc(N2CCN(CCn3ncc4c(N=C(N)F)nc(N)nc43)CC2)c(F)c1. The second-order valence-electron chi connectivity index (χ2n) is 7.73. The second kappa shape index (κ2) is 10.6. The van der Waals surface area contributed by atoms with Crippen molar-refractivity contribution in [1.29, 1.82) is 0 Å². The zero-order chi connectivity index (χ0) is 24.1. The molecular weight excluding hydrogens is 448 g/mol. The maximum absolute atomic E-state index is 14.6. The van der Waals surface area contributed by atoms with Crippen LogP contribution in [0.25, 0.3) is 11.0 Å². The Morgan fingerprint density at radius 3 is 2.65 bits per heavy atom. The normalized spacial score (nSPS) is 15.3. The number of piperazine rings is 1. The van der Waals surface area contributed by atoms with E-state index in [-0.39, 0.29) is 17.6 Å². The minimum absolute atomic E-state index is 0.0412. The quantitative estimate of drug-likeness (QED) is 0.203. The van der Waals surface area contributed by atoms with Crippen LogP contribution in [0.2, 0.25) is 0 Å². The van der Waals surface area contributed by atoms with Gasteiger partial charge in [0.1, 0.15) is 18.2 Å². The number of nitrogen functional groups attached to an aromatic ring is 1. The molecule has 11 nitrogen and oxygen atoms in total. The minimum Gasteiger partial charge on any atom is -0.491 e. The highest BCUT2D eigenvalue weighted by Gasteiger charge is 2.20. The Labute approximate surface area is 195 Å². The van der Waals surface area contributed by atoms with Crippen molar-refractivity contribution >= 4 is 34.6 Å². The molecule has 1 saturated heterocycles. The van der Waals surface area contributed by atoms with Crippen molar-refractivity contribution in [3.8, 4) is 5.75 Å². The van der Waals surface area contributed by atoms with Gasteiger partial charge in [-0.2, -0.15) is 24.4 Å². The molecule has 0 radical (unpaired) electrons. The van der Waals surface area contributed by atoms with E-state index < -0.39 is 6.09 Å². The topological polar surface area (TPSA) is 133 Å². The van der Waals surface area contributed by atoms with E-state index in [1.54, 1.807) is 23.9 Å². The molecule has 0 aliphatic carbocycles. The smallest absolute Gasteiger partial charge is 0.281 e. The molecule has 2 aromatic heterocycles. The van der Waals surface area contributed by atoms with Gasteiger partial charge in [-0.15, -0.1) is 0 Å². The number of hydrogen-bond donors (Lipinski definition) is 2. The van der Waals surface area contributed by atoms with E-state index in [4.69, 9.17) is 20.9 Å². The minimum atomic E-state index is -1.12. The highest BCUT2D eigenvalue weighted by atomic mass is 19.1. The number of aliphatic imine (C=N–C) groups is 1. The van der Waals surface area contributed by atoms with Gasteiger partial charge < -0.3 is 25.8 Å². The summed E-state index contributed by atoms with van der Waals surface area (Å²) < 4.78 is 39.8. The van der Waals surface area contributed by atoms with Gasteiger partial charge in [0, 0.05) is 45.9 Å². The van der Waals surface area contributed by atoms with Crippen LogP contribution < -0.4 is 21.1 Å². The molecule has 182 valence electrons. The van der Waals surface area contributed by atoms with Gasteiger partial charge in [-0.3, -0.25) is 4.90 Å². The zero-order valence-corrected chi connectivity index (χ0v) is 18.8. The number of anilines is 2. The fourth-order valence-electron chi connectivity index (χ4n) is 3.83. The van der Waals surface area contributed by atoms with Gasteiger partial charge in [-0.05, 0) is 12.1 Å². The molecule has 4 rings (SSSR count). The molecule has 1 aliphatic heterocycles. The van der Waals surface area contributed by atoms with Crippen molar-refractivity contribution < 1.29 is 18.3 Å². The molecule has 1 aromatic carbocycles. The van der Waals surface area contributed by atoms with Crippen LogP contribution in [-0.2, 0) is 11.3 Å². The van der Waals surface area contributed by atoms with Gasteiger partial charge >= 0.3 is 0 Å². The highest BCUT2D eigenvalue weighted by Crippen LogP contribution is 2.26. The average molecular weight is 476 g/mol. The number of fused-ring (bicyclic) bond motifs is 1. The molecule has 0 saturated carbocycles. The monoisotopic (exact) mass is 475 g/mol. The van der Waals surface area contributed by atoms with Crippen molar-refractivity contribution in [2.75, 3.05) is 63.7 Å². The first-order valence-corrected chi connectivity index (χ1v) is 10.8. The summed E-state index contributed by atoms with van der Waals surface area (Å²) >= 11 is 0. The van der Waals surface area contributed by atoms with Crippen LogP contribution in [0.3, 0.4) is 0 Å². The predicted molar refractivity (Wildman–Crippen MR) is 125 cm³/mol. The molecule has 34 heavy (non-hydrogen) atoms. The summed E-state index contributed by atoms with van der Waals surface area (Å²) in [5.74, 6) is 0.173. The van der Waals surface area contributed by atoms with Gasteiger partial charge in [-0.25, -0.2) is 9.07 Å². The first-order chi connectivity index (χ1) is 16.4. The summed E-state index contributed by atoms with van der Waals surface area (Å²) in [5, 5.41) is 4.78. The third-order valence-corrected chi connectivity index (χ3v) is 5.52. The first-order valence-electron chi connectivity index (χ1n) is 10.8. The summed E-state index contributed by atoms with van der Waals surface area (Å²) in [7, 11) is 1.59. The number of hydrogen-bond acceptors (Lipinski definition) is 9. The average Bonchev–Trinajstić information content (AvgIpc) is 3.21. The molecule has 1 aliphatic rings. The number of methoxy groups -OCH3 is 1. The van der Waals surface area contributed by atoms with E-state index in [1.165, 1.54) is 12.3 Å². The number of halogens is 2. The van der Waals surface area contributed by atoms with Crippen LogP contribution in [0.5, 0.6) is 5.75 Å². The van der Waals surface area contributed by atoms with E-state index in [9.17, 15) is 8.78 Å². The Morgan fingerprint density at radius 1 is 1.15 bits per heavy atom. The molecule has 3 aromatic rings. The Kier molecular flexibility index (Phi) is 7.33. The van der Waals surface area contributed by atoms with Crippen molar-refractivity contribution in [2.24, 2.45) is 10.7 Å². The summed E-state index contributed by atoms with van der Waals surface area (Å²) in [6, 6.07) is 4.92. The third kappa shape index (κ3) is 5.48. The number of ether oxygens (including phenoxy) is 2. The van der Waals surface area contributed by atoms with Crippen LogP contribution in [0, 0.1) is 5.82 Å². The molecule has 0 unspecified atom stereocenters. The van der Waals surface area contributed by atoms with Gasteiger partial charge in [0.15, 0.2) is 11.5 Å². The number of nitrogens with zero attached hydrogens (tertiary/aromatic N) is 7. The molecule has 3 heterocycles. The molecule has 0 atom stereocenters. The zero-order valence-electron chi connectivity index (χ0n) is 18.8. The summed E-state index contributed by atoms with van der Waals surface area (Å²) in [6.07, 6.45) is 0.398. The first kappa shape index (κ1) is 23.6. The fraction of sp³-hybridized carbons (Fsp3) is 0.429. The van der Waals surface area contributed by atoms with Gasteiger partial charge in [0.05, 0.1) is 30.4 Å². The van der Waals surface area contributed by atoms with Crippen molar-refractivity contribution in [1.82, 2.24) is 24.6 Å². The van der Waals surface area contributed by atoms with Crippen LogP contribution >= 0.6 is 0 Å². The Hall–Kier alpha value is -3.58. The molecule has 4 N–H and O–H groups in total. The van der Waals surface area contributed by atoms with Crippen LogP contribution in [0.1, 0.15) is 0 Å². The fourth-order valence-corrected chi connectivity index (χ4v) is 3.83. The number of nitrogens with two attached hydrogens (primary N) is 2. The van der Waals surface area contributed by atoms with Crippen molar-refractivity contribution in [3.63, 3.8) is 0 Å². The van der Waals surface area contributed by atoms with E-state index in [0.29, 0.717) is 61.9 Å². The van der Waals surface area contributed by atoms with Gasteiger partial charge in [0.2, 0.25) is 5.95 Å². The number of amidine groups is 1. The maximum Gasteiger partial charge on any atom is 0.281 e. The van der Waals surface area contributed by atoms with E-state index in [2.05, 4.69) is 25.0 Å². The van der Waals surface area contributed by atoms with Crippen LogP contribution in [0.15, 0.2) is 29.4 Å². The Morgan fingerprint density at radius 2 is 1.94 bits per heavy atom. The lowest BCUT2D eigenvalue weighted by molar-refractivity contribution is 0.146. The third-order valence-electron chi connectivity index (χ3n) is 5.52. The van der Waals surface area contributed by atoms with Gasteiger partial charge in [-0.1, -0.05) is 0 Å². The number of rotatable bonds is 9. The molecule has 0 bridgehead atoms. The standard InChI is InChI=1S/C21H27F2N9O2/c1-33-10-11-34-14-2-3-17(16(22)12-14)31-7-4-30(5-8-31)6-9-32-19-15(13-26-32)18(27-20(23)24)28-21(25)29-19/h2-3,12-13H,4-11H2,1H3,(H4,24,25,27,28,29). The van der Waals surface area contributed by atoms with Crippen molar-refractivity contribution in [3.05, 3.63) is 30.2 Å². The van der Waals surface area contributed by atoms with E-state index >= 15 is 0 Å². The number of aromatic nitrogens is 4. The largest absolute Gasteiger partial charge is 0.491 e. The van der Waals surface area contributed by atoms with Gasteiger partial charge in [0.25, 0.3) is 6.09 Å². The number of benzene rings is 1. The lowest BCUT2D eigenvalue weighted by Gasteiger charge is -2.36. The highest BCUT2D eigenvalue weighted by molar-refractivity contribution is 5.88. The summed E-state index contributed by atoms with van der Waals surface area (Å²) in [5.41, 5.74) is 11.8. The molecule has 1 fully saturated rings. The maximum atomic E-state index is 14.6. The Bertz CT molecular complexity index is 1160. The molecule has 13 heteroatoms. The molecular formula is C21H27F2N9O2. The lowest BCUT2D eigenvalue weighted by atomic mass is 10.2. The Balaban J connectivity index is 1.34. The summed E-state index contributed by atoms with van der Waals surface area (Å²) in [6.45, 7) is 4.95. The van der Waals surface area contributed by atoms with Crippen molar-refractivity contribution in [2.45, 2.75) is 6.54 Å². The summed E-state index contributed by atoms with van der Waals surface area (Å²) in [4.78, 5) is 16.0. The second-order valence-corrected chi connectivity index (χ2v) is 7.73. The van der Waals surface area contributed by atoms with Crippen LogP contribution in [0.4, 0.5) is 26.2 Å². The van der Waals surface area contributed by atoms with Crippen LogP contribution in [-0.4, -0.2) is 83.8 Å². The van der Waals surface area contributed by atoms with E-state index in [1.807, 2.05) is 4.90 Å². The van der Waals surface area contributed by atoms with E-state index in [0.717, 1.165) is 13.1 Å².